The van der Waals surface area contributed by atoms with E-state index in [4.69, 9.17) is 9.47 Å². The molecule has 1 aromatic rings. The number of carbonyl (C=O) groups excluding carboxylic acids is 3. The van der Waals surface area contributed by atoms with E-state index in [1.807, 2.05) is 13.8 Å². The van der Waals surface area contributed by atoms with Crippen LogP contribution in [0.5, 0.6) is 5.75 Å². The molecule has 0 bridgehead atoms. The lowest BCUT2D eigenvalue weighted by Crippen LogP contribution is -2.43. The highest BCUT2D eigenvalue weighted by atomic mass is 32.2. The van der Waals surface area contributed by atoms with Gasteiger partial charge >= 0.3 is 11.9 Å². The third kappa shape index (κ3) is 4.70. The first-order valence-electron chi connectivity index (χ1n) is 10.7. The normalized spacial score (nSPS) is 22.9. The smallest absolute Gasteiger partial charge is 0.336 e. The number of thioether (sulfide) groups is 1. The summed E-state index contributed by atoms with van der Waals surface area (Å²) in [6, 6.07) is 6.40. The van der Waals surface area contributed by atoms with Crippen molar-refractivity contribution in [1.82, 2.24) is 5.32 Å². The Morgan fingerprint density at radius 2 is 1.94 bits per heavy atom. The molecule has 8 heteroatoms. The number of hydrogen-bond donors (Lipinski definition) is 2. The maximum absolute atomic E-state index is 13.6. The van der Waals surface area contributed by atoms with E-state index in [0.29, 0.717) is 40.3 Å². The van der Waals surface area contributed by atoms with Crippen molar-refractivity contribution < 1.29 is 29.0 Å². The van der Waals surface area contributed by atoms with Crippen LogP contribution in [0.15, 0.2) is 46.8 Å². The van der Waals surface area contributed by atoms with Gasteiger partial charge < -0.3 is 19.9 Å². The predicted octanol–water partition coefficient (Wildman–Crippen LogP) is 3.30. The fourth-order valence-corrected chi connectivity index (χ4v) is 4.86. The van der Waals surface area contributed by atoms with Crippen LogP contribution < -0.4 is 5.32 Å². The number of benzene rings is 1. The zero-order valence-corrected chi connectivity index (χ0v) is 19.6. The maximum atomic E-state index is 13.6. The molecule has 172 valence electrons. The molecule has 0 spiro atoms. The number of phenols is 1. The third-order valence-electron chi connectivity index (χ3n) is 5.85. The Balaban J connectivity index is 2.06. The van der Waals surface area contributed by atoms with Crippen LogP contribution in [0.2, 0.25) is 0 Å². The van der Waals surface area contributed by atoms with Crippen molar-refractivity contribution in [3.63, 3.8) is 0 Å². The highest BCUT2D eigenvalue weighted by Gasteiger charge is 2.47. The number of esters is 2. The molecule has 2 aliphatic rings. The van der Waals surface area contributed by atoms with Crippen molar-refractivity contribution in [1.29, 1.82) is 0 Å². The zero-order chi connectivity index (χ0) is 23.4. The van der Waals surface area contributed by atoms with Crippen LogP contribution in [0.4, 0.5) is 0 Å². The number of Topliss-reactive ketones (excluding diaryl/α,β-unsaturated/α-hetero) is 1. The molecule has 0 fully saturated rings. The van der Waals surface area contributed by atoms with Gasteiger partial charge in [-0.1, -0.05) is 26.0 Å². The summed E-state index contributed by atoms with van der Waals surface area (Å²) >= 11 is 1.67. The van der Waals surface area contributed by atoms with Gasteiger partial charge in [0.25, 0.3) is 0 Å². The highest BCUT2D eigenvalue weighted by Crippen LogP contribution is 2.45. The molecule has 0 saturated heterocycles. The van der Waals surface area contributed by atoms with Crippen LogP contribution in [0, 0.1) is 11.8 Å². The minimum atomic E-state index is -0.934. The second-order valence-corrected chi connectivity index (χ2v) is 9.35. The molecule has 1 heterocycles. The van der Waals surface area contributed by atoms with E-state index >= 15 is 0 Å². The van der Waals surface area contributed by atoms with Gasteiger partial charge in [-0.3, -0.25) is 9.59 Å². The summed E-state index contributed by atoms with van der Waals surface area (Å²) in [5.41, 5.74) is 2.70. The molecule has 2 N–H and O–H groups in total. The molecule has 0 radical (unpaired) electrons. The van der Waals surface area contributed by atoms with Crippen LogP contribution in [-0.2, 0) is 23.9 Å². The molecule has 0 aromatic heterocycles. The molecule has 3 rings (SSSR count). The molecule has 3 atom stereocenters. The summed E-state index contributed by atoms with van der Waals surface area (Å²) in [6.45, 7) is 5.93. The fourth-order valence-electron chi connectivity index (χ4n) is 4.37. The number of ketones is 1. The second kappa shape index (κ2) is 10.3. The van der Waals surface area contributed by atoms with Crippen molar-refractivity contribution in [3.8, 4) is 5.75 Å². The van der Waals surface area contributed by atoms with E-state index in [2.05, 4.69) is 5.32 Å². The van der Waals surface area contributed by atoms with Gasteiger partial charge in [0.05, 0.1) is 12.7 Å². The van der Waals surface area contributed by atoms with E-state index in [9.17, 15) is 19.5 Å². The van der Waals surface area contributed by atoms with Gasteiger partial charge in [0.15, 0.2) is 5.78 Å². The number of ether oxygens (including phenoxy) is 2. The first-order valence-corrected chi connectivity index (χ1v) is 11.8. The summed E-state index contributed by atoms with van der Waals surface area (Å²) in [5.74, 6) is -1.63. The summed E-state index contributed by atoms with van der Waals surface area (Å²) < 4.78 is 10.4. The summed E-state index contributed by atoms with van der Waals surface area (Å²) in [6.07, 6.45) is 0.474. The van der Waals surface area contributed by atoms with Crippen LogP contribution in [0.1, 0.15) is 38.7 Å². The Morgan fingerprint density at radius 3 is 2.56 bits per heavy atom. The van der Waals surface area contributed by atoms with Gasteiger partial charge in [0.1, 0.15) is 18.3 Å². The minimum absolute atomic E-state index is 0.0781. The number of carbonyl (C=O) groups is 3. The lowest BCUT2D eigenvalue weighted by Gasteiger charge is -2.38. The summed E-state index contributed by atoms with van der Waals surface area (Å²) in [4.78, 5) is 39.1. The van der Waals surface area contributed by atoms with Crippen molar-refractivity contribution >= 4 is 29.5 Å². The van der Waals surface area contributed by atoms with E-state index in [1.165, 1.54) is 19.2 Å². The first kappa shape index (κ1) is 23.9. The zero-order valence-electron chi connectivity index (χ0n) is 18.8. The van der Waals surface area contributed by atoms with Gasteiger partial charge in [0, 0.05) is 28.6 Å². The average molecular weight is 460 g/mol. The van der Waals surface area contributed by atoms with E-state index < -0.39 is 23.8 Å². The molecule has 32 heavy (non-hydrogen) atoms. The lowest BCUT2D eigenvalue weighted by atomic mass is 9.69. The highest BCUT2D eigenvalue weighted by molar-refractivity contribution is 7.99. The summed E-state index contributed by atoms with van der Waals surface area (Å²) in [5, 5.41) is 13.0. The topological polar surface area (TPSA) is 102 Å². The molecule has 7 nitrogen and oxygen atoms in total. The van der Waals surface area contributed by atoms with Gasteiger partial charge in [-0.2, -0.15) is 11.8 Å². The Hall–Kier alpha value is -2.74. The van der Waals surface area contributed by atoms with Crippen molar-refractivity contribution in [2.24, 2.45) is 11.8 Å². The number of methoxy groups -OCH3 is 1. The molecule has 0 saturated carbocycles. The number of aromatic hydroxyl groups is 1. The number of phenolic OH excluding ortho intramolecular Hbond substituents is 1. The van der Waals surface area contributed by atoms with E-state index in [-0.39, 0.29) is 24.1 Å². The average Bonchev–Trinajstić information content (AvgIpc) is 2.76. The molecular weight excluding hydrogens is 430 g/mol. The van der Waals surface area contributed by atoms with Crippen molar-refractivity contribution in [3.05, 3.63) is 52.4 Å². The monoisotopic (exact) mass is 459 g/mol. The molecule has 0 unspecified atom stereocenters. The summed E-state index contributed by atoms with van der Waals surface area (Å²) in [7, 11) is 1.27. The van der Waals surface area contributed by atoms with Crippen molar-refractivity contribution in [2.75, 3.05) is 25.2 Å². The first-order chi connectivity index (χ1) is 15.3. The quantitative estimate of drug-likeness (QED) is 0.364. The van der Waals surface area contributed by atoms with E-state index in [1.54, 1.807) is 30.8 Å². The van der Waals surface area contributed by atoms with Crippen molar-refractivity contribution in [2.45, 2.75) is 33.1 Å². The third-order valence-corrected chi connectivity index (χ3v) is 6.72. The minimum Gasteiger partial charge on any atom is -0.508 e. The van der Waals surface area contributed by atoms with Gasteiger partial charge in [-0.25, -0.2) is 4.79 Å². The molecule has 1 aliphatic carbocycles. The predicted molar refractivity (Wildman–Crippen MR) is 122 cm³/mol. The number of rotatable bonds is 7. The molecule has 0 amide bonds. The number of hydrogen-bond acceptors (Lipinski definition) is 8. The number of nitrogens with one attached hydrogen (secondary N) is 1. The van der Waals surface area contributed by atoms with Gasteiger partial charge in [0.2, 0.25) is 0 Å². The number of allylic oxidation sites excluding steroid dienone is 3. The molecule has 1 aromatic carbocycles. The van der Waals surface area contributed by atoms with Crippen LogP contribution >= 0.6 is 11.8 Å². The standard InChI is InChI=1S/C24H29NO6S/c1-5-32-11-10-31-24(29)19-14(3)25-17-12-13(2)18(23(28)30-4)22(27)21(17)20(19)15-6-8-16(26)9-7-15/h6-9,13,18,20,25-26H,5,10-12H2,1-4H3/t13-,18-,20+/m1/s1. The Labute approximate surface area is 192 Å². The Morgan fingerprint density at radius 1 is 1.25 bits per heavy atom. The van der Waals surface area contributed by atoms with Crippen LogP contribution in [0.3, 0.4) is 0 Å². The molecular formula is C24H29NO6S. The fraction of sp³-hybridized carbons (Fsp3) is 0.458. The number of dihydropyridines is 1. The van der Waals surface area contributed by atoms with Gasteiger partial charge in [-0.05, 0) is 42.7 Å². The molecule has 1 aliphatic heterocycles. The van der Waals surface area contributed by atoms with Gasteiger partial charge in [-0.15, -0.1) is 0 Å². The Kier molecular flexibility index (Phi) is 7.66. The van der Waals surface area contributed by atoms with Crippen LogP contribution in [-0.4, -0.2) is 48.1 Å². The largest absolute Gasteiger partial charge is 0.508 e. The van der Waals surface area contributed by atoms with E-state index in [0.717, 1.165) is 5.75 Å². The lowest BCUT2D eigenvalue weighted by molar-refractivity contribution is -0.151. The maximum Gasteiger partial charge on any atom is 0.336 e. The second-order valence-electron chi connectivity index (χ2n) is 7.96. The Bertz CT molecular complexity index is 965. The van der Waals surface area contributed by atoms with Crippen LogP contribution in [0.25, 0.3) is 0 Å². The SMILES string of the molecule is CCSCCOC(=O)C1=C(C)NC2=C(C(=O)[C@H](C(=O)OC)[C@H](C)C2)[C@H]1c1ccc(O)cc1.